The Morgan fingerprint density at radius 3 is 2.53 bits per heavy atom. The van der Waals surface area contributed by atoms with E-state index < -0.39 is 11.9 Å². The molecule has 0 aliphatic carbocycles. The molecule has 2 unspecified atom stereocenters. The van der Waals surface area contributed by atoms with Crippen molar-refractivity contribution in [1.82, 2.24) is 5.32 Å². The van der Waals surface area contributed by atoms with Gasteiger partial charge in [0.05, 0.1) is 5.92 Å². The largest absolute Gasteiger partial charge is 0.481 e. The molecule has 0 saturated carbocycles. The number of hydrogen-bond acceptors (Lipinski definition) is 2. The number of carbonyl (C=O) groups excluding carboxylic acids is 1. The molecule has 1 aromatic rings. The average Bonchev–Trinajstić information content (AvgIpc) is 2.36. The van der Waals surface area contributed by atoms with Crippen LogP contribution in [0.5, 0.6) is 0 Å². The maximum absolute atomic E-state index is 13.5. The molecule has 19 heavy (non-hydrogen) atoms. The van der Waals surface area contributed by atoms with Crippen molar-refractivity contribution in [3.8, 4) is 0 Å². The predicted octanol–water partition coefficient (Wildman–Crippen LogP) is 2.16. The maximum atomic E-state index is 13.5. The summed E-state index contributed by atoms with van der Waals surface area (Å²) in [7, 11) is 0. The molecule has 2 atom stereocenters. The van der Waals surface area contributed by atoms with E-state index in [0.29, 0.717) is 5.56 Å². The van der Waals surface area contributed by atoms with Crippen molar-refractivity contribution in [3.05, 3.63) is 35.6 Å². The second-order valence-corrected chi connectivity index (χ2v) is 4.67. The van der Waals surface area contributed by atoms with Crippen molar-refractivity contribution in [2.24, 2.45) is 5.92 Å². The summed E-state index contributed by atoms with van der Waals surface area (Å²) in [5, 5.41) is 11.2. The lowest BCUT2D eigenvalue weighted by Gasteiger charge is -2.13. The van der Waals surface area contributed by atoms with Gasteiger partial charge in [0.2, 0.25) is 5.91 Å². The third-order valence-electron chi connectivity index (χ3n) is 2.95. The van der Waals surface area contributed by atoms with Gasteiger partial charge in [-0.25, -0.2) is 4.39 Å². The number of rotatable bonds is 6. The third kappa shape index (κ3) is 4.69. The number of carbonyl (C=O) groups is 2. The van der Waals surface area contributed by atoms with E-state index >= 15 is 0 Å². The molecule has 1 aromatic carbocycles. The number of halogens is 1. The van der Waals surface area contributed by atoms with Crippen LogP contribution in [0, 0.1) is 11.7 Å². The molecule has 104 valence electrons. The minimum absolute atomic E-state index is 0.0815. The molecule has 0 aromatic heterocycles. The van der Waals surface area contributed by atoms with E-state index in [-0.39, 0.29) is 30.6 Å². The molecule has 1 rings (SSSR count). The van der Waals surface area contributed by atoms with E-state index in [1.165, 1.54) is 13.0 Å². The van der Waals surface area contributed by atoms with Gasteiger partial charge in [-0.3, -0.25) is 9.59 Å². The lowest BCUT2D eigenvalue weighted by molar-refractivity contribution is -0.141. The topological polar surface area (TPSA) is 66.4 Å². The van der Waals surface area contributed by atoms with E-state index in [9.17, 15) is 14.0 Å². The van der Waals surface area contributed by atoms with Crippen molar-refractivity contribution in [2.75, 3.05) is 6.54 Å². The van der Waals surface area contributed by atoms with Gasteiger partial charge in [0.15, 0.2) is 0 Å². The van der Waals surface area contributed by atoms with E-state index in [1.54, 1.807) is 25.1 Å². The van der Waals surface area contributed by atoms with Crippen molar-refractivity contribution >= 4 is 11.9 Å². The molecule has 0 saturated heterocycles. The molecule has 0 aliphatic heterocycles. The summed E-state index contributed by atoms with van der Waals surface area (Å²) < 4.78 is 13.5. The molecular formula is C14H18FNO3. The monoisotopic (exact) mass is 267 g/mol. The highest BCUT2D eigenvalue weighted by Crippen LogP contribution is 2.21. The fraction of sp³-hybridized carbons (Fsp3) is 0.429. The Morgan fingerprint density at radius 1 is 1.32 bits per heavy atom. The number of carboxylic acids is 1. The molecule has 5 heteroatoms. The van der Waals surface area contributed by atoms with Gasteiger partial charge >= 0.3 is 5.97 Å². The molecule has 0 spiro atoms. The van der Waals surface area contributed by atoms with Gasteiger partial charge in [-0.1, -0.05) is 32.0 Å². The number of aliphatic carboxylic acids is 1. The van der Waals surface area contributed by atoms with Gasteiger partial charge in [0, 0.05) is 13.0 Å². The molecule has 4 nitrogen and oxygen atoms in total. The summed E-state index contributed by atoms with van der Waals surface area (Å²) >= 11 is 0. The zero-order valence-electron chi connectivity index (χ0n) is 11.0. The number of carboxylic acid groups (broad SMARTS) is 1. The first-order chi connectivity index (χ1) is 8.91. The van der Waals surface area contributed by atoms with Crippen LogP contribution in [0.4, 0.5) is 4.39 Å². The number of nitrogens with one attached hydrogen (secondary N) is 1. The lowest BCUT2D eigenvalue weighted by atomic mass is 9.97. The van der Waals surface area contributed by atoms with Crippen LogP contribution in [0.2, 0.25) is 0 Å². The van der Waals surface area contributed by atoms with Crippen molar-refractivity contribution < 1.29 is 19.1 Å². The molecule has 0 bridgehead atoms. The van der Waals surface area contributed by atoms with Crippen LogP contribution in [-0.4, -0.2) is 23.5 Å². The fourth-order valence-electron chi connectivity index (χ4n) is 1.69. The van der Waals surface area contributed by atoms with Crippen LogP contribution >= 0.6 is 0 Å². The van der Waals surface area contributed by atoms with E-state index in [4.69, 9.17) is 5.11 Å². The number of hydrogen-bond donors (Lipinski definition) is 2. The third-order valence-corrected chi connectivity index (χ3v) is 2.95. The van der Waals surface area contributed by atoms with Gasteiger partial charge in [0.1, 0.15) is 5.82 Å². The molecule has 0 aliphatic rings. The zero-order chi connectivity index (χ0) is 14.4. The second-order valence-electron chi connectivity index (χ2n) is 4.67. The highest BCUT2D eigenvalue weighted by molar-refractivity contribution is 5.78. The molecular weight excluding hydrogens is 249 g/mol. The van der Waals surface area contributed by atoms with Crippen LogP contribution in [0.25, 0.3) is 0 Å². The van der Waals surface area contributed by atoms with Gasteiger partial charge < -0.3 is 10.4 Å². The Labute approximate surface area is 111 Å². The molecule has 2 N–H and O–H groups in total. The van der Waals surface area contributed by atoms with Crippen molar-refractivity contribution in [2.45, 2.75) is 26.2 Å². The van der Waals surface area contributed by atoms with Gasteiger partial charge in [0.25, 0.3) is 0 Å². The number of amides is 1. The molecule has 1 amide bonds. The standard InChI is InChI=1S/C14H18FNO3/c1-9(11-5-3-4-6-12(11)15)7-13(17)16-8-10(2)14(18)19/h3-6,9-10H,7-8H2,1-2H3,(H,16,17)(H,18,19). The van der Waals surface area contributed by atoms with Crippen LogP contribution in [0.15, 0.2) is 24.3 Å². The Bertz CT molecular complexity index is 462. The van der Waals surface area contributed by atoms with Crippen LogP contribution in [0.3, 0.4) is 0 Å². The van der Waals surface area contributed by atoms with Gasteiger partial charge in [-0.2, -0.15) is 0 Å². The summed E-state index contributed by atoms with van der Waals surface area (Å²) in [6.45, 7) is 3.36. The lowest BCUT2D eigenvalue weighted by Crippen LogP contribution is -2.32. The maximum Gasteiger partial charge on any atom is 0.308 e. The highest BCUT2D eigenvalue weighted by Gasteiger charge is 2.16. The Morgan fingerprint density at radius 2 is 1.95 bits per heavy atom. The fourth-order valence-corrected chi connectivity index (χ4v) is 1.69. The molecule has 0 radical (unpaired) electrons. The first-order valence-electron chi connectivity index (χ1n) is 6.15. The van der Waals surface area contributed by atoms with E-state index in [2.05, 4.69) is 5.32 Å². The Balaban J connectivity index is 2.49. The van der Waals surface area contributed by atoms with Crippen LogP contribution in [0.1, 0.15) is 31.7 Å². The second kappa shape index (κ2) is 6.87. The zero-order valence-corrected chi connectivity index (χ0v) is 11.0. The predicted molar refractivity (Wildman–Crippen MR) is 69.2 cm³/mol. The van der Waals surface area contributed by atoms with Crippen LogP contribution in [-0.2, 0) is 9.59 Å². The summed E-state index contributed by atoms with van der Waals surface area (Å²) in [5.74, 6) is -2.44. The summed E-state index contributed by atoms with van der Waals surface area (Å²) in [4.78, 5) is 22.2. The van der Waals surface area contributed by atoms with E-state index in [1.807, 2.05) is 0 Å². The van der Waals surface area contributed by atoms with Gasteiger partial charge in [-0.15, -0.1) is 0 Å². The first-order valence-corrected chi connectivity index (χ1v) is 6.15. The van der Waals surface area contributed by atoms with Gasteiger partial charge in [-0.05, 0) is 17.5 Å². The summed E-state index contributed by atoms with van der Waals surface area (Å²) in [6.07, 6.45) is 0.132. The van der Waals surface area contributed by atoms with Crippen LogP contribution < -0.4 is 5.32 Å². The molecule has 0 heterocycles. The Kier molecular flexibility index (Phi) is 5.48. The molecule has 0 fully saturated rings. The quantitative estimate of drug-likeness (QED) is 0.830. The SMILES string of the molecule is CC(CNC(=O)CC(C)c1ccccc1F)C(=O)O. The van der Waals surface area contributed by atoms with E-state index in [0.717, 1.165) is 0 Å². The highest BCUT2D eigenvalue weighted by atomic mass is 19.1. The van der Waals surface area contributed by atoms with Crippen molar-refractivity contribution in [3.63, 3.8) is 0 Å². The van der Waals surface area contributed by atoms with Crippen molar-refractivity contribution in [1.29, 1.82) is 0 Å². The smallest absolute Gasteiger partial charge is 0.308 e. The summed E-state index contributed by atoms with van der Waals surface area (Å²) in [5.41, 5.74) is 0.490. The minimum Gasteiger partial charge on any atom is -0.481 e. The average molecular weight is 267 g/mol. The normalized spacial score (nSPS) is 13.6. The summed E-state index contributed by atoms with van der Waals surface area (Å²) in [6, 6.07) is 6.32. The number of benzene rings is 1. The minimum atomic E-state index is -0.956. The Hall–Kier alpha value is -1.91. The first kappa shape index (κ1) is 15.1.